The van der Waals surface area contributed by atoms with E-state index in [1.807, 2.05) is 0 Å². The van der Waals surface area contributed by atoms with Crippen LogP contribution in [0.25, 0.3) is 0 Å². The van der Waals surface area contributed by atoms with Gasteiger partial charge < -0.3 is 13.9 Å². The average molecular weight is 334 g/mol. The number of rotatable bonds is 3. The molecule has 2 atom stereocenters. The number of nitrogens with zero attached hydrogens (tertiary/aromatic N) is 2. The quantitative estimate of drug-likeness (QED) is 0.622. The molecule has 2 bridgehead atoms. The number of carbonyl (C=O) groups excluding carboxylic acids is 2. The Bertz CT molecular complexity index is 727. The van der Waals surface area contributed by atoms with Gasteiger partial charge >= 0.3 is 22.6 Å². The Morgan fingerprint density at radius 3 is 2.86 bits per heavy atom. The van der Waals surface area contributed by atoms with Gasteiger partial charge in [-0.2, -0.15) is 13.5 Å². The van der Waals surface area contributed by atoms with E-state index in [4.69, 9.17) is 13.7 Å². The van der Waals surface area contributed by atoms with Crippen molar-refractivity contribution in [2.75, 3.05) is 13.7 Å². The van der Waals surface area contributed by atoms with Crippen molar-refractivity contribution in [1.82, 2.24) is 9.96 Å². The summed E-state index contributed by atoms with van der Waals surface area (Å²) in [5, 5.41) is 0.477. The fourth-order valence-corrected chi connectivity index (χ4v) is 2.78. The fraction of sp³-hybridized carbons (Fsp3) is 0.400. The lowest BCUT2D eigenvalue weighted by Gasteiger charge is -2.27. The van der Waals surface area contributed by atoms with Crippen LogP contribution in [0.1, 0.15) is 23.6 Å². The summed E-state index contributed by atoms with van der Waals surface area (Å²) in [5.41, 5.74) is 0.389. The molecule has 22 heavy (non-hydrogen) atoms. The van der Waals surface area contributed by atoms with Crippen LogP contribution >= 0.6 is 0 Å². The zero-order chi connectivity index (χ0) is 16.1. The molecule has 11 nitrogen and oxygen atoms in total. The molecule has 2 amide bonds. The summed E-state index contributed by atoms with van der Waals surface area (Å²) in [5.74, 6) is 0.136. The minimum atomic E-state index is -4.89. The highest BCUT2D eigenvalue weighted by molar-refractivity contribution is 7.80. The van der Waals surface area contributed by atoms with E-state index < -0.39 is 34.9 Å². The third-order valence-corrected chi connectivity index (χ3v) is 3.58. The van der Waals surface area contributed by atoms with E-state index in [-0.39, 0.29) is 12.3 Å². The summed E-state index contributed by atoms with van der Waals surface area (Å²) in [6.45, 7) is -0.0253. The summed E-state index contributed by atoms with van der Waals surface area (Å²) in [6, 6.07) is -0.271. The maximum atomic E-state index is 12.2. The molecule has 1 N–H and O–H groups in total. The largest absolute Gasteiger partial charge is 0.510 e. The van der Waals surface area contributed by atoms with Crippen LogP contribution in [-0.2, 0) is 24.2 Å². The number of amides is 2. The average Bonchev–Trinajstić information content (AvgIpc) is 3.01. The van der Waals surface area contributed by atoms with Crippen LogP contribution in [0.3, 0.4) is 0 Å². The molecule has 1 aromatic rings. The molecule has 1 unspecified atom stereocenters. The topological polar surface area (TPSA) is 136 Å². The Hall–Kier alpha value is -2.31. The number of methoxy groups -OCH3 is 1. The van der Waals surface area contributed by atoms with Gasteiger partial charge in [0.05, 0.1) is 19.9 Å². The number of hydrogen-bond acceptors (Lipinski definition) is 8. The van der Waals surface area contributed by atoms with Crippen molar-refractivity contribution in [3.05, 3.63) is 23.7 Å². The second-order valence-electron chi connectivity index (χ2n) is 4.44. The number of hydroxylamine groups is 2. The third-order valence-electron chi connectivity index (χ3n) is 3.23. The number of carbonyl (C=O) groups is 2. The van der Waals surface area contributed by atoms with Crippen LogP contribution in [0.2, 0.25) is 0 Å². The van der Waals surface area contributed by atoms with Crippen LogP contribution in [0.5, 0.6) is 0 Å². The first kappa shape index (κ1) is 14.6. The molecule has 0 spiro atoms. The second kappa shape index (κ2) is 4.86. The van der Waals surface area contributed by atoms with E-state index in [1.54, 1.807) is 0 Å². The molecular formula is C10H10N2O9S. The Morgan fingerprint density at radius 2 is 2.23 bits per heavy atom. The van der Waals surface area contributed by atoms with Crippen LogP contribution in [0, 0.1) is 0 Å². The molecule has 3 rings (SSSR count). The molecule has 3 heterocycles. The van der Waals surface area contributed by atoms with Crippen LogP contribution in [-0.4, -0.2) is 48.8 Å². The Balaban J connectivity index is 1.98. The highest BCUT2D eigenvalue weighted by Gasteiger charge is 2.53. The first-order valence-corrected chi connectivity index (χ1v) is 7.27. The van der Waals surface area contributed by atoms with Gasteiger partial charge in [-0.25, -0.2) is 9.59 Å². The molecule has 0 radical (unpaired) electrons. The predicted molar refractivity (Wildman–Crippen MR) is 64.3 cm³/mol. The standard InChI is InChI=1S/C10H10N2O9S/c1-18-10(14)20-8-7-5(2-3-19-7)6-4-11(8)9(13)12(6)21-22(15,16)17/h2-3,6,8H,4H2,1H3,(H,15,16,17)/t6-,8?/m1/s1. The van der Waals surface area contributed by atoms with E-state index in [0.717, 1.165) is 12.0 Å². The van der Waals surface area contributed by atoms with Crippen LogP contribution in [0.15, 0.2) is 16.7 Å². The lowest BCUT2D eigenvalue weighted by atomic mass is 10.0. The Labute approximate surface area is 123 Å². The number of ether oxygens (including phenoxy) is 2. The van der Waals surface area contributed by atoms with Crippen molar-refractivity contribution >= 4 is 22.6 Å². The number of urea groups is 1. The first-order valence-electron chi connectivity index (χ1n) is 5.90. The summed E-state index contributed by atoms with van der Waals surface area (Å²) < 4.78 is 49.3. The van der Waals surface area contributed by atoms with Crippen molar-refractivity contribution in [1.29, 1.82) is 0 Å². The molecule has 1 saturated heterocycles. The SMILES string of the molecule is COC(=O)OC1c2occc2[C@H]2CN1C(=O)N2OS(=O)(=O)O. The summed E-state index contributed by atoms with van der Waals surface area (Å²) in [6.07, 6.45) is -0.986. The van der Waals surface area contributed by atoms with E-state index in [1.165, 1.54) is 12.3 Å². The summed E-state index contributed by atoms with van der Waals surface area (Å²) in [7, 11) is -3.80. The third kappa shape index (κ3) is 2.26. The Kier molecular flexibility index (Phi) is 3.23. The highest BCUT2D eigenvalue weighted by atomic mass is 32.3. The van der Waals surface area contributed by atoms with Crippen molar-refractivity contribution in [2.45, 2.75) is 12.3 Å². The lowest BCUT2D eigenvalue weighted by Crippen LogP contribution is -2.36. The normalized spacial score (nSPS) is 23.5. The van der Waals surface area contributed by atoms with Crippen molar-refractivity contribution in [3.63, 3.8) is 0 Å². The van der Waals surface area contributed by atoms with E-state index in [2.05, 4.69) is 9.02 Å². The zero-order valence-electron chi connectivity index (χ0n) is 11.0. The van der Waals surface area contributed by atoms with Gasteiger partial charge in [0, 0.05) is 5.56 Å². The summed E-state index contributed by atoms with van der Waals surface area (Å²) in [4.78, 5) is 24.5. The molecule has 120 valence electrons. The molecule has 12 heteroatoms. The molecular weight excluding hydrogens is 324 g/mol. The highest BCUT2D eigenvalue weighted by Crippen LogP contribution is 2.45. The van der Waals surface area contributed by atoms with Crippen molar-refractivity contribution < 1.29 is 40.7 Å². The van der Waals surface area contributed by atoms with Gasteiger partial charge in [-0.3, -0.25) is 9.45 Å². The van der Waals surface area contributed by atoms with Gasteiger partial charge in [-0.1, -0.05) is 0 Å². The maximum Gasteiger partial charge on any atom is 0.510 e. The van der Waals surface area contributed by atoms with Crippen LogP contribution < -0.4 is 0 Å². The van der Waals surface area contributed by atoms with Gasteiger partial charge in [0.15, 0.2) is 5.76 Å². The predicted octanol–water partition coefficient (Wildman–Crippen LogP) is 0.588. The number of fused-ring (bicyclic) bond motifs is 4. The second-order valence-corrected chi connectivity index (χ2v) is 5.45. The molecule has 2 aliphatic rings. The van der Waals surface area contributed by atoms with Gasteiger partial charge in [0.2, 0.25) is 6.23 Å². The fourth-order valence-electron chi connectivity index (χ4n) is 2.41. The monoisotopic (exact) mass is 334 g/mol. The smallest absolute Gasteiger partial charge is 0.463 e. The maximum absolute atomic E-state index is 12.2. The van der Waals surface area contributed by atoms with Gasteiger partial charge in [-0.15, -0.1) is 4.28 Å². The van der Waals surface area contributed by atoms with Crippen molar-refractivity contribution in [2.24, 2.45) is 0 Å². The molecule has 0 saturated carbocycles. The minimum absolute atomic E-state index is 0.0253. The lowest BCUT2D eigenvalue weighted by molar-refractivity contribution is -0.0381. The molecule has 2 aliphatic heterocycles. The molecule has 0 aromatic carbocycles. The van der Waals surface area contributed by atoms with Gasteiger partial charge in [0.1, 0.15) is 6.04 Å². The Morgan fingerprint density at radius 1 is 1.50 bits per heavy atom. The minimum Gasteiger partial charge on any atom is -0.463 e. The molecule has 0 aliphatic carbocycles. The van der Waals surface area contributed by atoms with Gasteiger partial charge in [0.25, 0.3) is 0 Å². The number of hydrogen-bond donors (Lipinski definition) is 1. The van der Waals surface area contributed by atoms with Crippen LogP contribution in [0.4, 0.5) is 9.59 Å². The van der Waals surface area contributed by atoms with Crippen molar-refractivity contribution in [3.8, 4) is 0 Å². The molecule has 1 fully saturated rings. The number of furan rings is 1. The van der Waals surface area contributed by atoms with Gasteiger partial charge in [-0.05, 0) is 6.07 Å². The zero-order valence-corrected chi connectivity index (χ0v) is 11.8. The van der Waals surface area contributed by atoms with E-state index >= 15 is 0 Å². The van der Waals surface area contributed by atoms with E-state index in [0.29, 0.717) is 10.6 Å². The molecule has 1 aromatic heterocycles. The summed E-state index contributed by atoms with van der Waals surface area (Å²) >= 11 is 0. The van der Waals surface area contributed by atoms with E-state index in [9.17, 15) is 18.0 Å². The first-order chi connectivity index (χ1) is 10.3.